The lowest BCUT2D eigenvalue weighted by Gasteiger charge is -2.27. The standard InChI is InChI=1S/C14H23N3O2.C2H6/c1-12-3-2-4-13(11-15-12)17-8-7-16(9-10-18)6-5-14(17)19;1-2/h3,11,13,18H,2,4-10H2,1H3;1-2H3. The molecule has 2 heterocycles. The van der Waals surface area contributed by atoms with Gasteiger partial charge in [0.1, 0.15) is 0 Å². The Bertz CT molecular complexity index is 380. The monoisotopic (exact) mass is 295 g/mol. The highest BCUT2D eigenvalue weighted by molar-refractivity contribution is 5.81. The molecule has 5 nitrogen and oxygen atoms in total. The van der Waals surface area contributed by atoms with Crippen molar-refractivity contribution in [3.05, 3.63) is 11.8 Å². The Kier molecular flexibility index (Phi) is 8.23. The Morgan fingerprint density at radius 2 is 2.10 bits per heavy atom. The van der Waals surface area contributed by atoms with Crippen LogP contribution in [0.1, 0.15) is 40.0 Å². The van der Waals surface area contributed by atoms with Gasteiger partial charge in [0, 0.05) is 44.5 Å². The molecule has 0 aromatic heterocycles. The van der Waals surface area contributed by atoms with E-state index < -0.39 is 0 Å². The van der Waals surface area contributed by atoms with Crippen molar-refractivity contribution in [3.63, 3.8) is 0 Å². The van der Waals surface area contributed by atoms with E-state index in [1.807, 2.05) is 31.9 Å². The van der Waals surface area contributed by atoms with Crippen LogP contribution in [0.5, 0.6) is 0 Å². The van der Waals surface area contributed by atoms with Gasteiger partial charge >= 0.3 is 0 Å². The van der Waals surface area contributed by atoms with Crippen LogP contribution in [-0.4, -0.2) is 65.9 Å². The maximum atomic E-state index is 12.2. The summed E-state index contributed by atoms with van der Waals surface area (Å²) in [7, 11) is 0. The van der Waals surface area contributed by atoms with Crippen LogP contribution >= 0.6 is 0 Å². The Labute approximate surface area is 128 Å². The number of rotatable bonds is 3. The molecule has 1 amide bonds. The highest BCUT2D eigenvalue weighted by Gasteiger charge is 2.26. The molecule has 0 aliphatic carbocycles. The summed E-state index contributed by atoms with van der Waals surface area (Å²) in [6.45, 7) is 9.11. The van der Waals surface area contributed by atoms with Gasteiger partial charge in [0.2, 0.25) is 5.91 Å². The molecule has 0 aromatic carbocycles. The van der Waals surface area contributed by atoms with Crippen molar-refractivity contribution in [3.8, 4) is 0 Å². The second-order valence-corrected chi connectivity index (χ2v) is 5.17. The molecule has 1 unspecified atom stereocenters. The van der Waals surface area contributed by atoms with E-state index in [-0.39, 0.29) is 18.6 Å². The van der Waals surface area contributed by atoms with Crippen LogP contribution in [-0.2, 0) is 4.79 Å². The zero-order valence-electron chi connectivity index (χ0n) is 13.6. The lowest BCUT2D eigenvalue weighted by molar-refractivity contribution is -0.131. The fraction of sp³-hybridized carbons (Fsp3) is 0.750. The number of allylic oxidation sites excluding steroid dienone is 2. The first-order chi connectivity index (χ1) is 10.2. The maximum Gasteiger partial charge on any atom is 0.224 e. The van der Waals surface area contributed by atoms with Gasteiger partial charge in [-0.2, -0.15) is 0 Å². The molecule has 0 aromatic rings. The van der Waals surface area contributed by atoms with Crippen molar-refractivity contribution in [2.75, 3.05) is 32.8 Å². The van der Waals surface area contributed by atoms with Crippen molar-refractivity contribution in [1.29, 1.82) is 0 Å². The molecule has 0 bridgehead atoms. The van der Waals surface area contributed by atoms with E-state index in [0.29, 0.717) is 13.0 Å². The Balaban J connectivity index is 0.00000106. The van der Waals surface area contributed by atoms with Gasteiger partial charge in [0.15, 0.2) is 0 Å². The molecule has 1 atom stereocenters. The first-order valence-electron chi connectivity index (χ1n) is 8.04. The normalized spacial score (nSPS) is 23.8. The maximum absolute atomic E-state index is 12.2. The van der Waals surface area contributed by atoms with Crippen LogP contribution in [0, 0.1) is 0 Å². The summed E-state index contributed by atoms with van der Waals surface area (Å²) in [5.41, 5.74) is 1.03. The number of nitrogens with zero attached hydrogens (tertiary/aromatic N) is 3. The minimum absolute atomic E-state index is 0.121. The predicted octanol–water partition coefficient (Wildman–Crippen LogP) is 1.68. The fourth-order valence-corrected chi connectivity index (χ4v) is 2.63. The van der Waals surface area contributed by atoms with Gasteiger partial charge in [-0.1, -0.05) is 19.9 Å². The van der Waals surface area contributed by atoms with Gasteiger partial charge in [-0.25, -0.2) is 0 Å². The largest absolute Gasteiger partial charge is 0.395 e. The van der Waals surface area contributed by atoms with Gasteiger partial charge in [0.05, 0.1) is 12.6 Å². The molecule has 120 valence electrons. The number of β-amino-alcohol motifs (C(OH)–C–C–N with tert-alkyl or cyclic N) is 1. The van der Waals surface area contributed by atoms with E-state index in [4.69, 9.17) is 5.11 Å². The number of carbonyl (C=O) groups is 1. The molecule has 0 spiro atoms. The van der Waals surface area contributed by atoms with Crippen LogP contribution in [0.4, 0.5) is 0 Å². The van der Waals surface area contributed by atoms with Crippen molar-refractivity contribution in [2.24, 2.45) is 4.99 Å². The van der Waals surface area contributed by atoms with E-state index in [2.05, 4.69) is 16.0 Å². The number of hydrogen-bond donors (Lipinski definition) is 1. The molecule has 21 heavy (non-hydrogen) atoms. The zero-order valence-corrected chi connectivity index (χ0v) is 13.6. The lowest BCUT2D eigenvalue weighted by Crippen LogP contribution is -2.42. The fourth-order valence-electron chi connectivity index (χ4n) is 2.63. The molecule has 1 N–H and O–H groups in total. The molecule has 0 saturated carbocycles. The summed E-state index contributed by atoms with van der Waals surface area (Å²) in [6.07, 6.45) is 6.50. The number of aliphatic imine (C=N–C) groups is 1. The molecule has 1 saturated heterocycles. The van der Waals surface area contributed by atoms with Gasteiger partial charge in [0.25, 0.3) is 0 Å². The highest BCUT2D eigenvalue weighted by Crippen LogP contribution is 2.15. The quantitative estimate of drug-likeness (QED) is 0.862. The Hall–Kier alpha value is -1.20. The molecule has 2 aliphatic heterocycles. The second kappa shape index (κ2) is 9.68. The van der Waals surface area contributed by atoms with E-state index in [0.717, 1.165) is 38.2 Å². The molecule has 5 heteroatoms. The summed E-state index contributed by atoms with van der Waals surface area (Å²) in [5, 5.41) is 8.99. The van der Waals surface area contributed by atoms with Crippen molar-refractivity contribution < 1.29 is 9.90 Å². The summed E-state index contributed by atoms with van der Waals surface area (Å²) in [6, 6.07) is 0.121. The summed E-state index contributed by atoms with van der Waals surface area (Å²) < 4.78 is 0. The van der Waals surface area contributed by atoms with Gasteiger partial charge in [-0.05, 0) is 19.8 Å². The third-order valence-electron chi connectivity index (χ3n) is 3.79. The SMILES string of the molecule is CC.CC1=CCCC(N2CCN(CCO)CCC2=O)C=N1. The predicted molar refractivity (Wildman–Crippen MR) is 86.5 cm³/mol. The van der Waals surface area contributed by atoms with Crippen molar-refractivity contribution in [1.82, 2.24) is 9.80 Å². The smallest absolute Gasteiger partial charge is 0.224 e. The molecule has 2 rings (SSSR count). The summed E-state index contributed by atoms with van der Waals surface area (Å²) in [5.74, 6) is 0.205. The van der Waals surface area contributed by atoms with E-state index in [1.165, 1.54) is 0 Å². The van der Waals surface area contributed by atoms with E-state index in [1.54, 1.807) is 0 Å². The zero-order chi connectivity index (χ0) is 15.7. The summed E-state index contributed by atoms with van der Waals surface area (Å²) >= 11 is 0. The highest BCUT2D eigenvalue weighted by atomic mass is 16.3. The minimum Gasteiger partial charge on any atom is -0.395 e. The Morgan fingerprint density at radius 3 is 2.81 bits per heavy atom. The molecule has 0 radical (unpaired) electrons. The number of aliphatic hydroxyl groups excluding tert-OH is 1. The van der Waals surface area contributed by atoms with Crippen LogP contribution in [0.15, 0.2) is 16.8 Å². The van der Waals surface area contributed by atoms with Crippen molar-refractivity contribution in [2.45, 2.75) is 46.1 Å². The number of hydrogen-bond acceptors (Lipinski definition) is 4. The average Bonchev–Trinajstić information content (AvgIpc) is 2.81. The molecular formula is C16H29N3O2. The third-order valence-corrected chi connectivity index (χ3v) is 3.79. The number of carbonyl (C=O) groups excluding carboxylic acids is 1. The second-order valence-electron chi connectivity index (χ2n) is 5.17. The average molecular weight is 295 g/mol. The lowest BCUT2D eigenvalue weighted by atomic mass is 10.1. The number of amides is 1. The van der Waals surface area contributed by atoms with E-state index in [9.17, 15) is 4.79 Å². The van der Waals surface area contributed by atoms with Gasteiger partial charge in [-0.15, -0.1) is 0 Å². The molecule has 2 aliphatic rings. The topological polar surface area (TPSA) is 56.1 Å². The molecular weight excluding hydrogens is 266 g/mol. The van der Waals surface area contributed by atoms with Gasteiger partial charge < -0.3 is 10.0 Å². The van der Waals surface area contributed by atoms with Crippen LogP contribution in [0.2, 0.25) is 0 Å². The number of aliphatic hydroxyl groups is 1. The third kappa shape index (κ3) is 5.59. The van der Waals surface area contributed by atoms with Gasteiger partial charge in [-0.3, -0.25) is 14.7 Å². The Morgan fingerprint density at radius 1 is 1.33 bits per heavy atom. The first-order valence-corrected chi connectivity index (χ1v) is 8.04. The first kappa shape index (κ1) is 17.9. The van der Waals surface area contributed by atoms with Crippen LogP contribution in [0.3, 0.4) is 0 Å². The van der Waals surface area contributed by atoms with Crippen LogP contribution in [0.25, 0.3) is 0 Å². The summed E-state index contributed by atoms with van der Waals surface area (Å²) in [4.78, 5) is 20.7. The minimum atomic E-state index is 0.121. The van der Waals surface area contributed by atoms with E-state index >= 15 is 0 Å². The molecule has 1 fully saturated rings. The van der Waals surface area contributed by atoms with Crippen molar-refractivity contribution >= 4 is 12.1 Å². The van der Waals surface area contributed by atoms with Crippen LogP contribution < -0.4 is 0 Å².